The Morgan fingerprint density at radius 1 is 1.18 bits per heavy atom. The van der Waals surface area contributed by atoms with Crippen molar-refractivity contribution in [3.63, 3.8) is 0 Å². The summed E-state index contributed by atoms with van der Waals surface area (Å²) in [5.41, 5.74) is 1.37. The predicted molar refractivity (Wildman–Crippen MR) is 53.1 cm³/mol. The van der Waals surface area contributed by atoms with Crippen LogP contribution >= 0.6 is 0 Å². The van der Waals surface area contributed by atoms with Crippen LogP contribution in [0.4, 0.5) is 0 Å². The standard InChI is InChI=1S/C9H20OSi/c1-7-8(2)9(3)10-11(4,5)6/h7H2,1-6H3. The number of hydrogen-bond donors (Lipinski definition) is 0. The van der Waals surface area contributed by atoms with Gasteiger partial charge in [-0.05, 0) is 45.5 Å². The van der Waals surface area contributed by atoms with Gasteiger partial charge in [0.1, 0.15) is 0 Å². The summed E-state index contributed by atoms with van der Waals surface area (Å²) in [7, 11) is -1.36. The van der Waals surface area contributed by atoms with Gasteiger partial charge in [0.2, 0.25) is 8.32 Å². The highest BCUT2D eigenvalue weighted by Gasteiger charge is 2.16. The Labute approximate surface area is 71.6 Å². The van der Waals surface area contributed by atoms with Crippen LogP contribution < -0.4 is 0 Å². The molecular formula is C9H20OSi. The monoisotopic (exact) mass is 172 g/mol. The Bertz CT molecular complexity index is 153. The minimum atomic E-state index is -1.36. The highest BCUT2D eigenvalue weighted by molar-refractivity contribution is 6.70. The second-order valence-corrected chi connectivity index (χ2v) is 8.33. The third kappa shape index (κ3) is 5.07. The van der Waals surface area contributed by atoms with E-state index < -0.39 is 8.32 Å². The van der Waals surface area contributed by atoms with Crippen molar-refractivity contribution >= 4 is 8.32 Å². The lowest BCUT2D eigenvalue weighted by atomic mass is 10.2. The van der Waals surface area contributed by atoms with E-state index in [9.17, 15) is 0 Å². The lowest BCUT2D eigenvalue weighted by Gasteiger charge is -2.21. The van der Waals surface area contributed by atoms with Crippen LogP contribution in [0.3, 0.4) is 0 Å². The fourth-order valence-corrected chi connectivity index (χ4v) is 1.89. The van der Waals surface area contributed by atoms with Crippen LogP contribution in [0.1, 0.15) is 27.2 Å². The second-order valence-electron chi connectivity index (χ2n) is 3.90. The zero-order chi connectivity index (χ0) is 9.07. The Balaban J connectivity index is 4.17. The summed E-state index contributed by atoms with van der Waals surface area (Å²) in [5.74, 6) is 1.13. The average molecular weight is 172 g/mol. The molecule has 66 valence electrons. The Hall–Kier alpha value is -0.243. The summed E-state index contributed by atoms with van der Waals surface area (Å²) in [4.78, 5) is 0. The molecule has 0 aliphatic rings. The lowest BCUT2D eigenvalue weighted by molar-refractivity contribution is 0.415. The average Bonchev–Trinajstić information content (AvgIpc) is 1.82. The molecule has 2 heteroatoms. The quantitative estimate of drug-likeness (QED) is 0.467. The van der Waals surface area contributed by atoms with Crippen molar-refractivity contribution in [1.29, 1.82) is 0 Å². The molecule has 0 unspecified atom stereocenters. The maximum absolute atomic E-state index is 5.81. The van der Waals surface area contributed by atoms with E-state index in [4.69, 9.17) is 4.43 Å². The van der Waals surface area contributed by atoms with Crippen molar-refractivity contribution in [3.8, 4) is 0 Å². The van der Waals surface area contributed by atoms with E-state index in [2.05, 4.69) is 40.4 Å². The van der Waals surface area contributed by atoms with Crippen LogP contribution in [-0.4, -0.2) is 8.32 Å². The van der Waals surface area contributed by atoms with Crippen LogP contribution in [0.15, 0.2) is 11.3 Å². The fourth-order valence-electron chi connectivity index (χ4n) is 0.795. The summed E-state index contributed by atoms with van der Waals surface area (Å²) in [6.45, 7) is 13.0. The van der Waals surface area contributed by atoms with E-state index in [0.717, 1.165) is 12.2 Å². The molecule has 0 aromatic carbocycles. The molecular weight excluding hydrogens is 152 g/mol. The molecule has 1 nitrogen and oxygen atoms in total. The lowest BCUT2D eigenvalue weighted by Crippen LogP contribution is -2.24. The molecule has 0 fully saturated rings. The highest BCUT2D eigenvalue weighted by Crippen LogP contribution is 2.14. The zero-order valence-electron chi connectivity index (χ0n) is 8.62. The van der Waals surface area contributed by atoms with Gasteiger partial charge in [0.25, 0.3) is 0 Å². The predicted octanol–water partition coefficient (Wildman–Crippen LogP) is 3.54. The van der Waals surface area contributed by atoms with Crippen LogP contribution in [-0.2, 0) is 4.43 Å². The molecule has 0 rings (SSSR count). The SMILES string of the molecule is CCC(C)=C(C)O[Si](C)(C)C. The minimum absolute atomic E-state index is 1.09. The van der Waals surface area contributed by atoms with E-state index in [1.165, 1.54) is 5.57 Å². The second kappa shape index (κ2) is 3.95. The number of allylic oxidation sites excluding steroid dienone is 2. The molecule has 0 aliphatic carbocycles. The maximum Gasteiger partial charge on any atom is 0.241 e. The third-order valence-electron chi connectivity index (χ3n) is 1.59. The number of rotatable bonds is 3. The first kappa shape index (κ1) is 10.8. The van der Waals surface area contributed by atoms with Crippen molar-refractivity contribution in [2.45, 2.75) is 46.8 Å². The molecule has 0 N–H and O–H groups in total. The van der Waals surface area contributed by atoms with E-state index in [-0.39, 0.29) is 0 Å². The van der Waals surface area contributed by atoms with Crippen molar-refractivity contribution < 1.29 is 4.43 Å². The van der Waals surface area contributed by atoms with Crippen LogP contribution in [0.25, 0.3) is 0 Å². The van der Waals surface area contributed by atoms with Gasteiger partial charge < -0.3 is 4.43 Å². The molecule has 0 bridgehead atoms. The molecule has 0 atom stereocenters. The van der Waals surface area contributed by atoms with E-state index in [1.54, 1.807) is 0 Å². The van der Waals surface area contributed by atoms with Gasteiger partial charge in [0.05, 0.1) is 5.76 Å². The van der Waals surface area contributed by atoms with Gasteiger partial charge in [-0.2, -0.15) is 0 Å². The highest BCUT2D eigenvalue weighted by atomic mass is 28.4. The van der Waals surface area contributed by atoms with Crippen molar-refractivity contribution in [2.75, 3.05) is 0 Å². The first-order valence-corrected chi connectivity index (χ1v) is 7.63. The van der Waals surface area contributed by atoms with Crippen LogP contribution in [0.5, 0.6) is 0 Å². The molecule has 0 radical (unpaired) electrons. The van der Waals surface area contributed by atoms with E-state index in [1.807, 2.05) is 0 Å². The topological polar surface area (TPSA) is 9.23 Å². The molecule has 0 spiro atoms. The van der Waals surface area contributed by atoms with Crippen molar-refractivity contribution in [2.24, 2.45) is 0 Å². The summed E-state index contributed by atoms with van der Waals surface area (Å²) >= 11 is 0. The number of hydrogen-bond acceptors (Lipinski definition) is 1. The normalized spacial score (nSPS) is 14.4. The van der Waals surface area contributed by atoms with Gasteiger partial charge in [0, 0.05) is 0 Å². The Kier molecular flexibility index (Phi) is 3.87. The molecule has 0 saturated heterocycles. The molecule has 0 amide bonds. The smallest absolute Gasteiger partial charge is 0.241 e. The molecule has 0 aromatic rings. The van der Waals surface area contributed by atoms with Crippen LogP contribution in [0, 0.1) is 0 Å². The van der Waals surface area contributed by atoms with E-state index in [0.29, 0.717) is 0 Å². The molecule has 0 saturated carbocycles. The summed E-state index contributed by atoms with van der Waals surface area (Å²) in [6.07, 6.45) is 1.09. The van der Waals surface area contributed by atoms with Gasteiger partial charge in [-0.15, -0.1) is 0 Å². The van der Waals surface area contributed by atoms with Gasteiger partial charge in [0.15, 0.2) is 0 Å². The van der Waals surface area contributed by atoms with Crippen molar-refractivity contribution in [1.82, 2.24) is 0 Å². The Morgan fingerprint density at radius 3 is 1.91 bits per heavy atom. The van der Waals surface area contributed by atoms with E-state index >= 15 is 0 Å². The third-order valence-corrected chi connectivity index (χ3v) is 2.51. The summed E-state index contributed by atoms with van der Waals surface area (Å²) < 4.78 is 5.81. The Morgan fingerprint density at radius 2 is 1.64 bits per heavy atom. The first-order valence-electron chi connectivity index (χ1n) is 4.22. The van der Waals surface area contributed by atoms with Gasteiger partial charge in [-0.25, -0.2) is 0 Å². The molecule has 11 heavy (non-hydrogen) atoms. The molecule has 0 aliphatic heterocycles. The molecule has 0 heterocycles. The minimum Gasteiger partial charge on any atom is -0.548 e. The van der Waals surface area contributed by atoms with Gasteiger partial charge in [-0.3, -0.25) is 0 Å². The first-order chi connectivity index (χ1) is 4.87. The zero-order valence-corrected chi connectivity index (χ0v) is 9.62. The van der Waals surface area contributed by atoms with Crippen molar-refractivity contribution in [3.05, 3.63) is 11.3 Å². The molecule has 0 aromatic heterocycles. The van der Waals surface area contributed by atoms with Gasteiger partial charge in [-0.1, -0.05) is 6.92 Å². The summed E-state index contributed by atoms with van der Waals surface area (Å²) in [5, 5.41) is 0. The van der Waals surface area contributed by atoms with Gasteiger partial charge >= 0.3 is 0 Å². The fraction of sp³-hybridized carbons (Fsp3) is 0.778. The van der Waals surface area contributed by atoms with Crippen LogP contribution in [0.2, 0.25) is 19.6 Å². The summed E-state index contributed by atoms with van der Waals surface area (Å²) in [6, 6.07) is 0. The maximum atomic E-state index is 5.81. The largest absolute Gasteiger partial charge is 0.548 e.